The van der Waals surface area contributed by atoms with Gasteiger partial charge < -0.3 is 10.2 Å². The van der Waals surface area contributed by atoms with Gasteiger partial charge in [-0.2, -0.15) is 0 Å². The second-order valence-corrected chi connectivity index (χ2v) is 7.48. The second kappa shape index (κ2) is 5.92. The fraction of sp³-hybridized carbons (Fsp3) is 0.200. The van der Waals surface area contributed by atoms with Crippen molar-refractivity contribution in [2.45, 2.75) is 25.0 Å². The number of hydrogen-bond acceptors (Lipinski definition) is 4. The first kappa shape index (κ1) is 15.5. The Labute approximate surface area is 154 Å². The smallest absolute Gasteiger partial charge is 0.258 e. The molecule has 1 amide bonds. The van der Waals surface area contributed by atoms with Gasteiger partial charge in [0.25, 0.3) is 5.91 Å². The molecule has 2 heterocycles. The molecule has 0 saturated heterocycles. The number of para-hydroxylation sites is 1. The normalized spacial score (nSPS) is 19.2. The number of hydrogen-bond donors (Lipinski definition) is 1. The number of aromatic nitrogens is 1. The van der Waals surface area contributed by atoms with E-state index in [1.54, 1.807) is 12.1 Å². The highest BCUT2D eigenvalue weighted by molar-refractivity contribution is 7.13. The summed E-state index contributed by atoms with van der Waals surface area (Å²) in [6.45, 7) is 0. The quantitative estimate of drug-likeness (QED) is 0.733. The molecule has 1 aliphatic carbocycles. The third-order valence-corrected chi connectivity index (χ3v) is 5.71. The second-order valence-electron chi connectivity index (χ2n) is 6.62. The van der Waals surface area contributed by atoms with Crippen LogP contribution in [0.15, 0.2) is 53.9 Å². The topological polar surface area (TPSA) is 45.2 Å². The molecule has 1 aromatic heterocycles. The SMILES string of the molecule is O=C1c2ccccc2N[C@H](c2csc(-c3ccc(F)cc3)n2)N1C1CC1. The monoisotopic (exact) mass is 365 g/mol. The van der Waals surface area contributed by atoms with Gasteiger partial charge in [-0.25, -0.2) is 9.37 Å². The number of anilines is 1. The lowest BCUT2D eigenvalue weighted by atomic mass is 10.1. The highest BCUT2D eigenvalue weighted by Crippen LogP contribution is 2.41. The average molecular weight is 365 g/mol. The minimum atomic E-state index is -0.268. The Morgan fingerprint density at radius 2 is 1.88 bits per heavy atom. The van der Waals surface area contributed by atoms with Gasteiger partial charge in [0.2, 0.25) is 0 Å². The first-order valence-electron chi connectivity index (χ1n) is 8.60. The molecular formula is C20H16FN3OS. The number of amides is 1. The van der Waals surface area contributed by atoms with Crippen molar-refractivity contribution in [3.05, 3.63) is 71.0 Å². The Morgan fingerprint density at radius 3 is 2.65 bits per heavy atom. The Kier molecular flexibility index (Phi) is 3.53. The lowest BCUT2D eigenvalue weighted by Gasteiger charge is -2.37. The molecule has 0 spiro atoms. The van der Waals surface area contributed by atoms with Gasteiger partial charge >= 0.3 is 0 Å². The Bertz CT molecular complexity index is 981. The van der Waals surface area contributed by atoms with E-state index >= 15 is 0 Å². The van der Waals surface area contributed by atoms with Gasteiger partial charge in [0.15, 0.2) is 0 Å². The summed E-state index contributed by atoms with van der Waals surface area (Å²) in [5.74, 6) is -0.204. The minimum absolute atomic E-state index is 0.0585. The number of carbonyl (C=O) groups excluding carboxylic acids is 1. The van der Waals surface area contributed by atoms with E-state index in [1.165, 1.54) is 23.5 Å². The molecule has 0 unspecified atom stereocenters. The van der Waals surface area contributed by atoms with Gasteiger partial charge in [0, 0.05) is 22.7 Å². The van der Waals surface area contributed by atoms with Crippen molar-refractivity contribution in [2.75, 3.05) is 5.32 Å². The highest BCUT2D eigenvalue weighted by atomic mass is 32.1. The van der Waals surface area contributed by atoms with Crippen LogP contribution >= 0.6 is 11.3 Å². The van der Waals surface area contributed by atoms with Gasteiger partial charge in [0.05, 0.1) is 11.3 Å². The van der Waals surface area contributed by atoms with Crippen molar-refractivity contribution in [3.63, 3.8) is 0 Å². The fourth-order valence-corrected chi connectivity index (χ4v) is 4.20. The molecule has 2 aromatic carbocycles. The molecule has 3 aromatic rings. The third kappa shape index (κ3) is 2.57. The average Bonchev–Trinajstić information content (AvgIpc) is 3.38. The van der Waals surface area contributed by atoms with Crippen molar-refractivity contribution in [2.24, 2.45) is 0 Å². The summed E-state index contributed by atoms with van der Waals surface area (Å²) in [6.07, 6.45) is 1.79. The number of benzene rings is 2. The fourth-order valence-electron chi connectivity index (χ4n) is 3.35. The number of rotatable bonds is 3. The molecular weight excluding hydrogens is 349 g/mol. The molecule has 1 N–H and O–H groups in total. The maximum absolute atomic E-state index is 13.2. The van der Waals surface area contributed by atoms with Crippen LogP contribution in [0.3, 0.4) is 0 Å². The molecule has 1 fully saturated rings. The maximum Gasteiger partial charge on any atom is 0.258 e. The molecule has 0 bridgehead atoms. The van der Waals surface area contributed by atoms with Crippen LogP contribution in [-0.2, 0) is 0 Å². The van der Waals surface area contributed by atoms with E-state index in [4.69, 9.17) is 4.98 Å². The lowest BCUT2D eigenvalue weighted by molar-refractivity contribution is 0.0663. The first-order valence-corrected chi connectivity index (χ1v) is 9.48. The predicted octanol–water partition coefficient (Wildman–Crippen LogP) is 4.68. The third-order valence-electron chi connectivity index (χ3n) is 4.80. The minimum Gasteiger partial charge on any atom is -0.359 e. The van der Waals surface area contributed by atoms with Gasteiger partial charge in [0.1, 0.15) is 17.0 Å². The molecule has 5 rings (SSSR count). The van der Waals surface area contributed by atoms with Crippen LogP contribution in [0.2, 0.25) is 0 Å². The summed E-state index contributed by atoms with van der Waals surface area (Å²) in [5, 5.41) is 6.28. The predicted molar refractivity (Wildman–Crippen MR) is 99.5 cm³/mol. The van der Waals surface area contributed by atoms with Gasteiger partial charge in [-0.3, -0.25) is 4.79 Å². The summed E-state index contributed by atoms with van der Waals surface area (Å²) < 4.78 is 13.2. The lowest BCUT2D eigenvalue weighted by Crippen LogP contribution is -2.44. The van der Waals surface area contributed by atoms with Gasteiger partial charge in [-0.05, 0) is 49.2 Å². The van der Waals surface area contributed by atoms with E-state index in [9.17, 15) is 9.18 Å². The number of carbonyl (C=O) groups is 1. The van der Waals surface area contributed by atoms with Crippen LogP contribution in [0.25, 0.3) is 10.6 Å². The molecule has 6 heteroatoms. The summed E-state index contributed by atoms with van der Waals surface area (Å²) in [7, 11) is 0. The van der Waals surface area contributed by atoms with E-state index < -0.39 is 0 Å². The van der Waals surface area contributed by atoms with Gasteiger partial charge in [-0.15, -0.1) is 11.3 Å². The van der Waals surface area contributed by atoms with Crippen LogP contribution < -0.4 is 5.32 Å². The molecule has 1 saturated carbocycles. The van der Waals surface area contributed by atoms with Crippen LogP contribution in [0, 0.1) is 5.82 Å². The highest BCUT2D eigenvalue weighted by Gasteiger charge is 2.42. The van der Waals surface area contributed by atoms with E-state index in [2.05, 4.69) is 5.32 Å². The summed E-state index contributed by atoms with van der Waals surface area (Å²) >= 11 is 1.51. The molecule has 26 heavy (non-hydrogen) atoms. The molecule has 130 valence electrons. The van der Waals surface area contributed by atoms with E-state index in [-0.39, 0.29) is 23.9 Å². The summed E-state index contributed by atoms with van der Waals surface area (Å²) in [6, 6.07) is 14.2. The largest absolute Gasteiger partial charge is 0.359 e. The molecule has 4 nitrogen and oxygen atoms in total. The summed E-state index contributed by atoms with van der Waals surface area (Å²) in [5.41, 5.74) is 3.26. The van der Waals surface area contributed by atoms with Crippen LogP contribution in [-0.4, -0.2) is 21.8 Å². The number of halogens is 1. The molecule has 0 radical (unpaired) electrons. The Morgan fingerprint density at radius 1 is 1.12 bits per heavy atom. The Hall–Kier alpha value is -2.73. The van der Waals surface area contributed by atoms with E-state index in [0.29, 0.717) is 5.56 Å². The molecule has 1 atom stereocenters. The van der Waals surface area contributed by atoms with E-state index in [1.807, 2.05) is 34.5 Å². The van der Waals surface area contributed by atoms with Gasteiger partial charge in [-0.1, -0.05) is 12.1 Å². The molecule has 1 aliphatic heterocycles. The maximum atomic E-state index is 13.2. The number of nitrogens with one attached hydrogen (secondary N) is 1. The van der Waals surface area contributed by atoms with E-state index in [0.717, 1.165) is 34.8 Å². The number of thiazole rings is 1. The van der Waals surface area contributed by atoms with Crippen LogP contribution in [0.4, 0.5) is 10.1 Å². The standard InChI is InChI=1S/C20H16FN3OS/c21-13-7-5-12(6-8-13)19-23-17(11-26-19)18-22-16-4-2-1-3-15(16)20(25)24(18)14-9-10-14/h1-8,11,14,18,22H,9-10H2/t18-/m0/s1. The van der Waals surface area contributed by atoms with Crippen molar-refractivity contribution in [1.29, 1.82) is 0 Å². The van der Waals surface area contributed by atoms with Crippen molar-refractivity contribution >= 4 is 22.9 Å². The first-order chi connectivity index (χ1) is 12.7. The van der Waals surface area contributed by atoms with Crippen LogP contribution in [0.1, 0.15) is 35.1 Å². The number of nitrogens with zero attached hydrogens (tertiary/aromatic N) is 2. The zero-order valence-corrected chi connectivity index (χ0v) is 14.7. The molecule has 2 aliphatic rings. The zero-order chi connectivity index (χ0) is 17.7. The zero-order valence-electron chi connectivity index (χ0n) is 13.9. The van der Waals surface area contributed by atoms with Crippen LogP contribution in [0.5, 0.6) is 0 Å². The Balaban J connectivity index is 1.52. The summed E-state index contributed by atoms with van der Waals surface area (Å²) in [4.78, 5) is 19.7. The van der Waals surface area contributed by atoms with Crippen molar-refractivity contribution in [1.82, 2.24) is 9.88 Å². The van der Waals surface area contributed by atoms with Crippen molar-refractivity contribution in [3.8, 4) is 10.6 Å². The number of fused-ring (bicyclic) bond motifs is 1. The van der Waals surface area contributed by atoms with Crippen molar-refractivity contribution < 1.29 is 9.18 Å².